The van der Waals surface area contributed by atoms with Gasteiger partial charge in [0.25, 0.3) is 0 Å². The van der Waals surface area contributed by atoms with Crippen molar-refractivity contribution in [1.29, 1.82) is 0 Å². The molecule has 0 aromatic carbocycles. The molecule has 0 fully saturated rings. The van der Waals surface area contributed by atoms with Crippen molar-refractivity contribution >= 4 is 5.95 Å². The predicted molar refractivity (Wildman–Crippen MR) is 73.5 cm³/mol. The molecule has 1 rings (SSSR count). The van der Waals surface area contributed by atoms with Gasteiger partial charge < -0.3 is 14.8 Å². The Morgan fingerprint density at radius 3 is 2.65 bits per heavy atom. The molecule has 1 aromatic heterocycles. The third kappa shape index (κ3) is 5.22. The number of hydrogen-bond donors (Lipinski definition) is 1. The first kappa shape index (κ1) is 14.0. The third-order valence-electron chi connectivity index (χ3n) is 2.57. The van der Waals surface area contributed by atoms with E-state index in [0.717, 1.165) is 24.7 Å². The molecule has 0 spiro atoms. The van der Waals surface area contributed by atoms with Gasteiger partial charge in [0.15, 0.2) is 0 Å². The number of unbranched alkanes of at least 4 members (excludes halogenated alkanes) is 1. The lowest BCUT2D eigenvalue weighted by Crippen LogP contribution is -2.16. The molecular formula is C13H26N4. The van der Waals surface area contributed by atoms with Crippen molar-refractivity contribution < 1.29 is 0 Å². The first-order chi connectivity index (χ1) is 7.99. The molecule has 0 aliphatic heterocycles. The average molecular weight is 238 g/mol. The number of rotatable bonds is 7. The van der Waals surface area contributed by atoms with Crippen LogP contribution in [0.25, 0.3) is 0 Å². The van der Waals surface area contributed by atoms with Crippen LogP contribution in [0.1, 0.15) is 32.4 Å². The maximum Gasteiger partial charge on any atom is 0.203 e. The minimum atomic E-state index is 0.428. The van der Waals surface area contributed by atoms with Crippen LogP contribution in [0, 0.1) is 6.92 Å². The summed E-state index contributed by atoms with van der Waals surface area (Å²) in [5, 5.41) is 3.39. The molecule has 1 aromatic rings. The van der Waals surface area contributed by atoms with E-state index in [2.05, 4.69) is 53.9 Å². The van der Waals surface area contributed by atoms with Gasteiger partial charge in [0.2, 0.25) is 5.95 Å². The summed E-state index contributed by atoms with van der Waals surface area (Å²) < 4.78 is 2.23. The normalized spacial score (nSPS) is 11.5. The summed E-state index contributed by atoms with van der Waals surface area (Å²) in [5.41, 5.74) is 1.08. The van der Waals surface area contributed by atoms with Crippen molar-refractivity contribution in [2.45, 2.75) is 46.2 Å². The highest BCUT2D eigenvalue weighted by molar-refractivity contribution is 5.29. The molecule has 0 unspecified atom stereocenters. The zero-order valence-electron chi connectivity index (χ0n) is 11.8. The first-order valence-corrected chi connectivity index (χ1v) is 6.44. The highest BCUT2D eigenvalue weighted by Gasteiger charge is 2.06. The Labute approximate surface area is 105 Å². The van der Waals surface area contributed by atoms with Gasteiger partial charge in [0.05, 0.1) is 5.69 Å². The molecule has 17 heavy (non-hydrogen) atoms. The van der Waals surface area contributed by atoms with E-state index in [-0.39, 0.29) is 0 Å². The van der Waals surface area contributed by atoms with Gasteiger partial charge in [0, 0.05) is 18.8 Å². The maximum atomic E-state index is 4.51. The standard InChI is InChI=1S/C13H26N4/c1-11(2)14-13-15-12(3)10-17(13)9-7-6-8-16(4)5/h10-11H,6-9H2,1-5H3,(H,14,15). The Balaban J connectivity index is 2.46. The highest BCUT2D eigenvalue weighted by atomic mass is 15.2. The smallest absolute Gasteiger partial charge is 0.203 e. The van der Waals surface area contributed by atoms with Crippen LogP contribution in [-0.4, -0.2) is 41.1 Å². The predicted octanol–water partition coefficient (Wildman–Crippen LogP) is 2.35. The lowest BCUT2D eigenvalue weighted by molar-refractivity contribution is 0.388. The van der Waals surface area contributed by atoms with E-state index in [1.807, 2.05) is 6.92 Å². The van der Waals surface area contributed by atoms with Gasteiger partial charge in [-0.1, -0.05) is 0 Å². The zero-order valence-corrected chi connectivity index (χ0v) is 11.8. The van der Waals surface area contributed by atoms with Crippen LogP contribution in [0.4, 0.5) is 5.95 Å². The maximum absolute atomic E-state index is 4.51. The molecule has 1 N–H and O–H groups in total. The molecule has 0 amide bonds. The molecule has 98 valence electrons. The monoisotopic (exact) mass is 238 g/mol. The first-order valence-electron chi connectivity index (χ1n) is 6.44. The number of aromatic nitrogens is 2. The summed E-state index contributed by atoms with van der Waals surface area (Å²) in [5.74, 6) is 1.00. The second-order valence-corrected chi connectivity index (χ2v) is 5.21. The Kier molecular flexibility index (Phi) is 5.48. The molecule has 0 aliphatic carbocycles. The van der Waals surface area contributed by atoms with Gasteiger partial charge in [-0.15, -0.1) is 0 Å². The minimum Gasteiger partial charge on any atom is -0.353 e. The molecule has 0 aliphatic rings. The summed E-state index contributed by atoms with van der Waals surface area (Å²) in [7, 11) is 4.24. The Morgan fingerprint density at radius 2 is 2.06 bits per heavy atom. The van der Waals surface area contributed by atoms with Gasteiger partial charge in [-0.25, -0.2) is 4.98 Å². The summed E-state index contributed by atoms with van der Waals surface area (Å²) in [6.07, 6.45) is 4.55. The van der Waals surface area contributed by atoms with Crippen molar-refractivity contribution in [3.63, 3.8) is 0 Å². The highest BCUT2D eigenvalue weighted by Crippen LogP contribution is 2.11. The second kappa shape index (κ2) is 6.64. The van der Waals surface area contributed by atoms with Crippen molar-refractivity contribution in [1.82, 2.24) is 14.5 Å². The number of imidazole rings is 1. The van der Waals surface area contributed by atoms with E-state index in [0.29, 0.717) is 6.04 Å². The zero-order chi connectivity index (χ0) is 12.8. The van der Waals surface area contributed by atoms with Crippen LogP contribution in [0.2, 0.25) is 0 Å². The Bertz CT molecular complexity index is 328. The van der Waals surface area contributed by atoms with Gasteiger partial charge in [-0.3, -0.25) is 0 Å². The quantitative estimate of drug-likeness (QED) is 0.740. The SMILES string of the molecule is Cc1cn(CCCCN(C)C)c(NC(C)C)n1. The van der Waals surface area contributed by atoms with Gasteiger partial charge in [-0.05, 0) is 54.3 Å². The van der Waals surface area contributed by atoms with Crippen molar-refractivity contribution in [3.05, 3.63) is 11.9 Å². The molecule has 0 bridgehead atoms. The molecule has 0 saturated heterocycles. The van der Waals surface area contributed by atoms with Crippen LogP contribution < -0.4 is 5.32 Å². The van der Waals surface area contributed by atoms with Gasteiger partial charge >= 0.3 is 0 Å². The minimum absolute atomic E-state index is 0.428. The van der Waals surface area contributed by atoms with Crippen LogP contribution >= 0.6 is 0 Å². The van der Waals surface area contributed by atoms with E-state index in [4.69, 9.17) is 0 Å². The number of anilines is 1. The average Bonchev–Trinajstić information content (AvgIpc) is 2.52. The fourth-order valence-electron chi connectivity index (χ4n) is 1.80. The number of hydrogen-bond acceptors (Lipinski definition) is 3. The van der Waals surface area contributed by atoms with Crippen molar-refractivity contribution in [3.8, 4) is 0 Å². The summed E-state index contributed by atoms with van der Waals surface area (Å²) in [6.45, 7) is 8.52. The van der Waals surface area contributed by atoms with Gasteiger partial charge in [0.1, 0.15) is 0 Å². The molecule has 4 nitrogen and oxygen atoms in total. The van der Waals surface area contributed by atoms with Crippen molar-refractivity contribution in [2.75, 3.05) is 26.0 Å². The largest absolute Gasteiger partial charge is 0.353 e. The van der Waals surface area contributed by atoms with E-state index in [9.17, 15) is 0 Å². The van der Waals surface area contributed by atoms with E-state index < -0.39 is 0 Å². The van der Waals surface area contributed by atoms with Crippen LogP contribution in [-0.2, 0) is 6.54 Å². The van der Waals surface area contributed by atoms with Crippen molar-refractivity contribution in [2.24, 2.45) is 0 Å². The van der Waals surface area contributed by atoms with E-state index >= 15 is 0 Å². The third-order valence-corrected chi connectivity index (χ3v) is 2.57. The van der Waals surface area contributed by atoms with Crippen LogP contribution in [0.5, 0.6) is 0 Å². The van der Waals surface area contributed by atoms with E-state index in [1.54, 1.807) is 0 Å². The second-order valence-electron chi connectivity index (χ2n) is 5.21. The van der Waals surface area contributed by atoms with Gasteiger partial charge in [-0.2, -0.15) is 0 Å². The number of aryl methyl sites for hydroxylation is 2. The van der Waals surface area contributed by atoms with E-state index in [1.165, 1.54) is 12.8 Å². The Hall–Kier alpha value is -1.03. The molecule has 1 heterocycles. The number of nitrogens with zero attached hydrogens (tertiary/aromatic N) is 3. The summed E-state index contributed by atoms with van der Waals surface area (Å²) in [6, 6.07) is 0.428. The molecule has 0 atom stereocenters. The molecule has 0 radical (unpaired) electrons. The topological polar surface area (TPSA) is 33.1 Å². The molecule has 4 heteroatoms. The lowest BCUT2D eigenvalue weighted by Gasteiger charge is -2.13. The van der Waals surface area contributed by atoms with Crippen LogP contribution in [0.15, 0.2) is 6.20 Å². The Morgan fingerprint density at radius 1 is 1.35 bits per heavy atom. The number of nitrogens with one attached hydrogen (secondary N) is 1. The fraction of sp³-hybridized carbons (Fsp3) is 0.769. The summed E-state index contributed by atoms with van der Waals surface area (Å²) in [4.78, 5) is 6.73. The fourth-order valence-corrected chi connectivity index (χ4v) is 1.80. The molecular weight excluding hydrogens is 212 g/mol. The summed E-state index contributed by atoms with van der Waals surface area (Å²) >= 11 is 0. The lowest BCUT2D eigenvalue weighted by atomic mass is 10.3. The van der Waals surface area contributed by atoms with Crippen LogP contribution in [0.3, 0.4) is 0 Å². The molecule has 0 saturated carbocycles.